The number of rotatable bonds is 4. The van der Waals surface area contributed by atoms with Crippen molar-refractivity contribution in [3.8, 4) is 0 Å². The number of hydrogen-bond donors (Lipinski definition) is 2. The van der Waals surface area contributed by atoms with Crippen LogP contribution in [0.5, 0.6) is 0 Å². The summed E-state index contributed by atoms with van der Waals surface area (Å²) in [5.41, 5.74) is 0.465. The Labute approximate surface area is 135 Å². The van der Waals surface area contributed by atoms with Gasteiger partial charge in [0.2, 0.25) is 0 Å². The van der Waals surface area contributed by atoms with E-state index in [9.17, 15) is 9.59 Å². The molecule has 2 rings (SSSR count). The fraction of sp³-hybridized carbons (Fsp3) is 0.143. The van der Waals surface area contributed by atoms with Crippen LogP contribution in [-0.2, 0) is 0 Å². The van der Waals surface area contributed by atoms with Crippen molar-refractivity contribution in [2.75, 3.05) is 11.1 Å². The monoisotopic (exact) mass is 342 g/mol. The lowest BCUT2D eigenvalue weighted by molar-refractivity contribution is 0.102. The van der Waals surface area contributed by atoms with E-state index in [1.54, 1.807) is 23.9 Å². The second kappa shape index (κ2) is 7.02. The fourth-order valence-electron chi connectivity index (χ4n) is 1.66. The third-order valence-corrected chi connectivity index (χ3v) is 4.08. The van der Waals surface area contributed by atoms with Crippen LogP contribution in [0, 0.1) is 0 Å². The normalized spacial score (nSPS) is 10.4. The molecule has 1 aromatic carbocycles. The van der Waals surface area contributed by atoms with E-state index in [2.05, 4.69) is 10.3 Å². The molecule has 0 aliphatic rings. The molecule has 0 aliphatic heterocycles. The second-order valence-electron chi connectivity index (χ2n) is 4.09. The van der Waals surface area contributed by atoms with E-state index in [0.29, 0.717) is 10.7 Å². The molecule has 0 atom stereocenters. The average Bonchev–Trinajstić information content (AvgIpc) is 2.45. The Hall–Kier alpha value is -1.43. The predicted molar refractivity (Wildman–Crippen MR) is 87.9 cm³/mol. The lowest BCUT2D eigenvalue weighted by Crippen LogP contribution is -2.16. The minimum absolute atomic E-state index is 0.0306. The molecule has 21 heavy (non-hydrogen) atoms. The number of carbonyl (C=O) groups excluding carboxylic acids is 1. The number of halogens is 2. The molecule has 0 bridgehead atoms. The highest BCUT2D eigenvalue weighted by molar-refractivity contribution is 7.99. The van der Waals surface area contributed by atoms with Gasteiger partial charge in [-0.15, -0.1) is 11.8 Å². The molecule has 0 saturated heterocycles. The van der Waals surface area contributed by atoms with Crippen molar-refractivity contribution in [3.05, 3.63) is 56.4 Å². The van der Waals surface area contributed by atoms with Crippen molar-refractivity contribution in [2.24, 2.45) is 0 Å². The third-order valence-electron chi connectivity index (χ3n) is 2.61. The summed E-state index contributed by atoms with van der Waals surface area (Å²) in [4.78, 5) is 26.7. The van der Waals surface area contributed by atoms with Gasteiger partial charge >= 0.3 is 0 Å². The summed E-state index contributed by atoms with van der Waals surface area (Å²) in [6.07, 6.45) is 1.32. The first-order valence-electron chi connectivity index (χ1n) is 6.13. The number of aromatic amines is 1. The predicted octanol–water partition coefficient (Wildman–Crippen LogP) is 4.05. The molecule has 4 nitrogen and oxygen atoms in total. The first-order chi connectivity index (χ1) is 10.0. The number of amides is 1. The first kappa shape index (κ1) is 15.9. The van der Waals surface area contributed by atoms with Gasteiger partial charge in [-0.2, -0.15) is 0 Å². The Morgan fingerprint density at radius 1 is 1.33 bits per heavy atom. The van der Waals surface area contributed by atoms with E-state index < -0.39 is 5.56 Å². The molecule has 2 N–H and O–H groups in total. The van der Waals surface area contributed by atoms with Gasteiger partial charge in [0.05, 0.1) is 11.3 Å². The number of H-pyrrole nitrogens is 1. The van der Waals surface area contributed by atoms with Crippen molar-refractivity contribution < 1.29 is 4.79 Å². The van der Waals surface area contributed by atoms with E-state index in [0.717, 1.165) is 10.6 Å². The maximum atomic E-state index is 12.2. The van der Waals surface area contributed by atoms with Crippen LogP contribution in [0.3, 0.4) is 0 Å². The lowest BCUT2D eigenvalue weighted by atomic mass is 10.2. The summed E-state index contributed by atoms with van der Waals surface area (Å²) >= 11 is 13.3. The number of aromatic nitrogens is 1. The van der Waals surface area contributed by atoms with E-state index in [1.165, 1.54) is 12.3 Å². The number of nitrogens with one attached hydrogen (secondary N) is 2. The van der Waals surface area contributed by atoms with Crippen molar-refractivity contribution in [1.29, 1.82) is 0 Å². The van der Waals surface area contributed by atoms with Crippen LogP contribution in [0.2, 0.25) is 10.0 Å². The van der Waals surface area contributed by atoms with Crippen molar-refractivity contribution >= 4 is 46.6 Å². The molecule has 1 amide bonds. The summed E-state index contributed by atoms with van der Waals surface area (Å²) in [7, 11) is 0. The van der Waals surface area contributed by atoms with Gasteiger partial charge in [-0.3, -0.25) is 9.59 Å². The highest BCUT2D eigenvalue weighted by Gasteiger charge is 2.11. The molecular weight excluding hydrogens is 331 g/mol. The minimum Gasteiger partial charge on any atom is -0.327 e. The van der Waals surface area contributed by atoms with Gasteiger partial charge in [0.25, 0.3) is 11.5 Å². The zero-order valence-electron chi connectivity index (χ0n) is 11.1. The zero-order valence-corrected chi connectivity index (χ0v) is 13.4. The lowest BCUT2D eigenvalue weighted by Gasteiger charge is -2.10. The Balaban J connectivity index is 2.28. The van der Waals surface area contributed by atoms with Gasteiger partial charge in [0.1, 0.15) is 5.02 Å². The highest BCUT2D eigenvalue weighted by atomic mass is 35.5. The van der Waals surface area contributed by atoms with Crippen LogP contribution >= 0.6 is 35.0 Å². The molecule has 1 aromatic heterocycles. The number of anilines is 1. The van der Waals surface area contributed by atoms with E-state index >= 15 is 0 Å². The molecule has 0 unspecified atom stereocenters. The fourth-order valence-corrected chi connectivity index (χ4v) is 2.75. The molecule has 0 aliphatic carbocycles. The maximum Gasteiger partial charge on any atom is 0.266 e. The van der Waals surface area contributed by atoms with Crippen LogP contribution in [0.25, 0.3) is 0 Å². The largest absolute Gasteiger partial charge is 0.327 e. The van der Waals surface area contributed by atoms with Gasteiger partial charge < -0.3 is 10.3 Å². The van der Waals surface area contributed by atoms with Gasteiger partial charge in [-0.25, -0.2) is 0 Å². The molecule has 0 saturated carbocycles. The molecule has 110 valence electrons. The van der Waals surface area contributed by atoms with Crippen LogP contribution < -0.4 is 10.9 Å². The Bertz CT molecular complexity index is 731. The SMILES string of the molecule is CCSc1ccc(Cl)cc1NC(=O)c1c[nH]c(=O)c(Cl)c1. The van der Waals surface area contributed by atoms with E-state index in [-0.39, 0.29) is 16.5 Å². The van der Waals surface area contributed by atoms with Gasteiger partial charge in [0.15, 0.2) is 0 Å². The van der Waals surface area contributed by atoms with Gasteiger partial charge in [-0.1, -0.05) is 30.1 Å². The molecule has 2 aromatic rings. The van der Waals surface area contributed by atoms with Crippen molar-refractivity contribution in [1.82, 2.24) is 4.98 Å². The topological polar surface area (TPSA) is 62.0 Å². The maximum absolute atomic E-state index is 12.2. The summed E-state index contributed by atoms with van der Waals surface area (Å²) in [5, 5.41) is 3.28. The number of hydrogen-bond acceptors (Lipinski definition) is 3. The number of benzene rings is 1. The Kier molecular flexibility index (Phi) is 5.33. The quantitative estimate of drug-likeness (QED) is 0.824. The minimum atomic E-state index is -0.432. The van der Waals surface area contributed by atoms with Crippen LogP contribution in [-0.4, -0.2) is 16.6 Å². The Morgan fingerprint density at radius 2 is 2.10 bits per heavy atom. The Morgan fingerprint density at radius 3 is 2.76 bits per heavy atom. The number of carbonyl (C=O) groups is 1. The molecule has 0 fully saturated rings. The highest BCUT2D eigenvalue weighted by Crippen LogP contribution is 2.30. The van der Waals surface area contributed by atoms with Crippen LogP contribution in [0.4, 0.5) is 5.69 Å². The summed E-state index contributed by atoms with van der Waals surface area (Å²) < 4.78 is 0. The first-order valence-corrected chi connectivity index (χ1v) is 7.87. The number of thioether (sulfide) groups is 1. The smallest absolute Gasteiger partial charge is 0.266 e. The summed E-state index contributed by atoms with van der Waals surface area (Å²) in [6, 6.07) is 6.63. The van der Waals surface area contributed by atoms with Gasteiger partial charge in [0, 0.05) is 16.1 Å². The van der Waals surface area contributed by atoms with E-state index in [1.807, 2.05) is 13.0 Å². The average molecular weight is 343 g/mol. The van der Waals surface area contributed by atoms with Crippen molar-refractivity contribution in [2.45, 2.75) is 11.8 Å². The second-order valence-corrected chi connectivity index (χ2v) is 6.24. The van der Waals surface area contributed by atoms with Crippen LogP contribution in [0.1, 0.15) is 17.3 Å². The van der Waals surface area contributed by atoms with E-state index in [4.69, 9.17) is 23.2 Å². The summed E-state index contributed by atoms with van der Waals surface area (Å²) in [5.74, 6) is 0.503. The number of pyridine rings is 1. The summed E-state index contributed by atoms with van der Waals surface area (Å²) in [6.45, 7) is 2.02. The third kappa shape index (κ3) is 4.03. The molecule has 0 spiro atoms. The van der Waals surface area contributed by atoms with Crippen LogP contribution in [0.15, 0.2) is 40.2 Å². The molecule has 7 heteroatoms. The standard InChI is InChI=1S/C14H12Cl2N2O2S/c1-2-21-12-4-3-9(15)6-11(12)18-13(19)8-5-10(16)14(20)17-7-8/h3-7H,2H2,1H3,(H,17,20)(H,18,19). The molecule has 1 heterocycles. The van der Waals surface area contributed by atoms with Gasteiger partial charge in [-0.05, 0) is 30.0 Å². The van der Waals surface area contributed by atoms with Crippen molar-refractivity contribution in [3.63, 3.8) is 0 Å². The molecular formula is C14H12Cl2N2O2S. The molecule has 0 radical (unpaired) electrons. The zero-order chi connectivity index (χ0) is 15.4.